The second kappa shape index (κ2) is 7.61. The van der Waals surface area contributed by atoms with Crippen molar-refractivity contribution in [2.75, 3.05) is 0 Å². The summed E-state index contributed by atoms with van der Waals surface area (Å²) in [6, 6.07) is 10.1. The molecule has 1 unspecified atom stereocenters. The van der Waals surface area contributed by atoms with Crippen LogP contribution in [0.2, 0.25) is 0 Å². The lowest BCUT2D eigenvalue weighted by molar-refractivity contribution is -0.121. The molecule has 0 bridgehead atoms. The van der Waals surface area contributed by atoms with Gasteiger partial charge in [-0.3, -0.25) is 4.79 Å². The van der Waals surface area contributed by atoms with E-state index < -0.39 is 0 Å². The molecule has 2 aromatic heterocycles. The molecule has 0 aliphatic rings. The molecule has 0 saturated heterocycles. The number of carbonyl (C=O) groups excluding carboxylic acids is 1. The fourth-order valence-corrected chi connectivity index (χ4v) is 3.48. The van der Waals surface area contributed by atoms with Gasteiger partial charge in [0.2, 0.25) is 5.91 Å². The van der Waals surface area contributed by atoms with Crippen molar-refractivity contribution >= 4 is 17.2 Å². The van der Waals surface area contributed by atoms with E-state index in [9.17, 15) is 9.18 Å². The topological polar surface area (TPSA) is 46.9 Å². The van der Waals surface area contributed by atoms with E-state index in [-0.39, 0.29) is 17.8 Å². The molecule has 1 atom stereocenters. The van der Waals surface area contributed by atoms with E-state index in [4.69, 9.17) is 0 Å². The van der Waals surface area contributed by atoms with Crippen LogP contribution in [0.1, 0.15) is 35.5 Å². The Morgan fingerprint density at radius 1 is 1.32 bits per heavy atom. The first-order valence-corrected chi connectivity index (χ1v) is 9.05. The third-order valence-corrected chi connectivity index (χ3v) is 5.08. The van der Waals surface area contributed by atoms with Crippen LogP contribution in [0.4, 0.5) is 4.39 Å². The van der Waals surface area contributed by atoms with Gasteiger partial charge in [-0.2, -0.15) is 5.10 Å². The van der Waals surface area contributed by atoms with Gasteiger partial charge < -0.3 is 5.32 Å². The molecule has 0 aliphatic heterocycles. The Balaban J connectivity index is 1.65. The van der Waals surface area contributed by atoms with Crippen LogP contribution in [-0.4, -0.2) is 15.7 Å². The zero-order valence-corrected chi connectivity index (χ0v) is 15.0. The van der Waals surface area contributed by atoms with Crippen LogP contribution in [0.25, 0.3) is 5.69 Å². The molecule has 1 N–H and O–H groups in total. The van der Waals surface area contributed by atoms with Crippen molar-refractivity contribution in [1.82, 2.24) is 15.1 Å². The third-order valence-electron chi connectivity index (χ3n) is 4.14. The van der Waals surface area contributed by atoms with Gasteiger partial charge in [0.25, 0.3) is 0 Å². The van der Waals surface area contributed by atoms with E-state index >= 15 is 0 Å². The van der Waals surface area contributed by atoms with E-state index in [0.717, 1.165) is 23.4 Å². The maximum absolute atomic E-state index is 13.1. The predicted molar refractivity (Wildman–Crippen MR) is 97.5 cm³/mol. The number of aryl methyl sites for hydroxylation is 1. The molecule has 6 heteroatoms. The number of rotatable bonds is 6. The molecule has 4 nitrogen and oxygen atoms in total. The van der Waals surface area contributed by atoms with Crippen LogP contribution in [0.15, 0.2) is 48.0 Å². The number of carbonyl (C=O) groups is 1. The average molecular weight is 357 g/mol. The normalized spacial score (nSPS) is 12.1. The molecule has 1 amide bonds. The fraction of sp³-hybridized carbons (Fsp3) is 0.263. The van der Waals surface area contributed by atoms with Crippen molar-refractivity contribution in [3.8, 4) is 5.69 Å². The van der Waals surface area contributed by atoms with Gasteiger partial charge in [0, 0.05) is 22.6 Å². The minimum absolute atomic E-state index is 0.0230. The van der Waals surface area contributed by atoms with E-state index in [1.165, 1.54) is 17.0 Å². The summed E-state index contributed by atoms with van der Waals surface area (Å²) in [6.45, 7) is 3.89. The number of aromatic nitrogens is 2. The predicted octanol–water partition coefficient (Wildman–Crippen LogP) is 4.19. The standard InChI is InChI=1S/C19H20FN3OS/c1-13(22-19(24)10-9-17-4-3-11-25-17)18-12-21-23(14(18)2)16-7-5-15(20)6-8-16/h3-8,11-13H,9-10H2,1-2H3,(H,22,24). The summed E-state index contributed by atoms with van der Waals surface area (Å²) in [6.07, 6.45) is 2.98. The van der Waals surface area contributed by atoms with Gasteiger partial charge >= 0.3 is 0 Å². The lowest BCUT2D eigenvalue weighted by atomic mass is 10.1. The van der Waals surface area contributed by atoms with Gasteiger partial charge in [0.15, 0.2) is 0 Å². The van der Waals surface area contributed by atoms with Crippen molar-refractivity contribution in [3.05, 3.63) is 69.9 Å². The molecular weight excluding hydrogens is 337 g/mol. The quantitative estimate of drug-likeness (QED) is 0.719. The summed E-state index contributed by atoms with van der Waals surface area (Å²) in [7, 11) is 0. The smallest absolute Gasteiger partial charge is 0.220 e. The number of benzene rings is 1. The van der Waals surface area contributed by atoms with Crippen molar-refractivity contribution < 1.29 is 9.18 Å². The Bertz CT molecular complexity index is 840. The number of hydrogen-bond acceptors (Lipinski definition) is 3. The highest BCUT2D eigenvalue weighted by Gasteiger charge is 2.16. The zero-order valence-electron chi connectivity index (χ0n) is 14.2. The lowest BCUT2D eigenvalue weighted by Gasteiger charge is -2.14. The summed E-state index contributed by atoms with van der Waals surface area (Å²) in [5.41, 5.74) is 2.67. The minimum Gasteiger partial charge on any atom is -0.349 e. The molecule has 0 saturated carbocycles. The van der Waals surface area contributed by atoms with Crippen LogP contribution in [-0.2, 0) is 11.2 Å². The zero-order chi connectivity index (χ0) is 17.8. The van der Waals surface area contributed by atoms with Crippen LogP contribution in [0.3, 0.4) is 0 Å². The number of nitrogens with zero attached hydrogens (tertiary/aromatic N) is 2. The summed E-state index contributed by atoms with van der Waals surface area (Å²) >= 11 is 1.66. The van der Waals surface area contributed by atoms with Crippen molar-refractivity contribution in [2.24, 2.45) is 0 Å². The maximum Gasteiger partial charge on any atom is 0.220 e. The van der Waals surface area contributed by atoms with Gasteiger partial charge in [0.1, 0.15) is 5.82 Å². The number of halogens is 1. The first-order chi connectivity index (χ1) is 12.0. The molecule has 1 aromatic carbocycles. The highest BCUT2D eigenvalue weighted by atomic mass is 32.1. The molecule has 3 rings (SSSR count). The first-order valence-electron chi connectivity index (χ1n) is 8.17. The Hall–Kier alpha value is -2.47. The number of amides is 1. The molecule has 0 radical (unpaired) electrons. The number of thiophene rings is 1. The fourth-order valence-electron chi connectivity index (χ4n) is 2.77. The molecule has 25 heavy (non-hydrogen) atoms. The second-order valence-corrected chi connectivity index (χ2v) is 6.97. The lowest BCUT2D eigenvalue weighted by Crippen LogP contribution is -2.27. The molecule has 2 heterocycles. The van der Waals surface area contributed by atoms with Crippen molar-refractivity contribution in [3.63, 3.8) is 0 Å². The monoisotopic (exact) mass is 357 g/mol. The summed E-state index contributed by atoms with van der Waals surface area (Å²) in [5.74, 6) is -0.255. The highest BCUT2D eigenvalue weighted by molar-refractivity contribution is 7.09. The Morgan fingerprint density at radius 3 is 2.76 bits per heavy atom. The molecule has 0 aliphatic carbocycles. The molecular formula is C19H20FN3OS. The molecule has 0 spiro atoms. The SMILES string of the molecule is Cc1c(C(C)NC(=O)CCc2cccs2)cnn1-c1ccc(F)cc1. The van der Waals surface area contributed by atoms with E-state index in [1.807, 2.05) is 31.4 Å². The number of nitrogens with one attached hydrogen (secondary N) is 1. The largest absolute Gasteiger partial charge is 0.349 e. The Kier molecular flexibility index (Phi) is 5.28. The van der Waals surface area contributed by atoms with Gasteiger partial charge in [0.05, 0.1) is 17.9 Å². The summed E-state index contributed by atoms with van der Waals surface area (Å²) in [5, 5.41) is 9.42. The van der Waals surface area contributed by atoms with Crippen molar-refractivity contribution in [1.29, 1.82) is 0 Å². The minimum atomic E-state index is -0.278. The summed E-state index contributed by atoms with van der Waals surface area (Å²) in [4.78, 5) is 13.4. The van der Waals surface area contributed by atoms with E-state index in [2.05, 4.69) is 10.4 Å². The third kappa shape index (κ3) is 4.14. The highest BCUT2D eigenvalue weighted by Crippen LogP contribution is 2.20. The van der Waals surface area contributed by atoms with Crippen LogP contribution in [0, 0.1) is 12.7 Å². The van der Waals surface area contributed by atoms with Crippen LogP contribution >= 0.6 is 11.3 Å². The molecule has 3 aromatic rings. The Morgan fingerprint density at radius 2 is 2.08 bits per heavy atom. The van der Waals surface area contributed by atoms with Crippen LogP contribution in [0.5, 0.6) is 0 Å². The van der Waals surface area contributed by atoms with Crippen molar-refractivity contribution in [2.45, 2.75) is 32.7 Å². The van der Waals surface area contributed by atoms with Gasteiger partial charge in [-0.05, 0) is 56.0 Å². The Labute approximate surface area is 150 Å². The second-order valence-electron chi connectivity index (χ2n) is 5.94. The van der Waals surface area contributed by atoms with E-state index in [0.29, 0.717) is 6.42 Å². The maximum atomic E-state index is 13.1. The summed E-state index contributed by atoms with van der Waals surface area (Å²) < 4.78 is 14.8. The van der Waals surface area contributed by atoms with Gasteiger partial charge in [-0.15, -0.1) is 11.3 Å². The van der Waals surface area contributed by atoms with E-state index in [1.54, 1.807) is 34.3 Å². The van der Waals surface area contributed by atoms with Gasteiger partial charge in [-0.1, -0.05) is 6.07 Å². The first kappa shape index (κ1) is 17.4. The number of hydrogen-bond donors (Lipinski definition) is 1. The molecule has 0 fully saturated rings. The van der Waals surface area contributed by atoms with Crippen LogP contribution < -0.4 is 5.32 Å². The van der Waals surface area contributed by atoms with Gasteiger partial charge in [-0.25, -0.2) is 9.07 Å². The molecule has 130 valence electrons. The average Bonchev–Trinajstić information content (AvgIpc) is 3.23.